The van der Waals surface area contributed by atoms with Gasteiger partial charge in [-0.3, -0.25) is 0 Å². The topological polar surface area (TPSA) is 33.4 Å². The van der Waals surface area contributed by atoms with E-state index in [1.54, 1.807) is 18.2 Å². The lowest BCUT2D eigenvalue weighted by Crippen LogP contribution is -1.95. The molecule has 2 nitrogen and oxygen atoms in total. The molecule has 3 aromatic rings. The molecule has 1 atom stereocenters. The highest BCUT2D eigenvalue weighted by Crippen LogP contribution is 2.35. The van der Waals surface area contributed by atoms with Crippen LogP contribution in [0.5, 0.6) is 0 Å². The molecule has 0 fully saturated rings. The van der Waals surface area contributed by atoms with Crippen molar-refractivity contribution < 1.29 is 13.9 Å². The first-order valence-corrected chi connectivity index (χ1v) is 6.93. The summed E-state index contributed by atoms with van der Waals surface area (Å²) in [6.45, 7) is 0. The second-order valence-electron chi connectivity index (χ2n) is 3.84. The number of halogens is 2. The van der Waals surface area contributed by atoms with E-state index in [0.29, 0.717) is 11.1 Å². The highest BCUT2D eigenvalue weighted by atomic mass is 79.9. The van der Waals surface area contributed by atoms with Crippen molar-refractivity contribution in [2.24, 2.45) is 0 Å². The van der Waals surface area contributed by atoms with Gasteiger partial charge in [0, 0.05) is 9.86 Å². The number of benzene rings is 1. The van der Waals surface area contributed by atoms with Gasteiger partial charge in [0.05, 0.1) is 4.88 Å². The minimum absolute atomic E-state index is 0.180. The summed E-state index contributed by atoms with van der Waals surface area (Å²) in [5, 5.41) is 12.7. The fourth-order valence-electron chi connectivity index (χ4n) is 1.81. The minimum Gasteiger partial charge on any atom is -0.455 e. The first kappa shape index (κ1) is 11.9. The Bertz CT molecular complexity index is 704. The Morgan fingerprint density at radius 2 is 2.17 bits per heavy atom. The zero-order valence-electron chi connectivity index (χ0n) is 9.06. The van der Waals surface area contributed by atoms with Crippen molar-refractivity contribution in [1.82, 2.24) is 0 Å². The van der Waals surface area contributed by atoms with Crippen LogP contribution >= 0.6 is 27.3 Å². The molecule has 0 aliphatic rings. The van der Waals surface area contributed by atoms with Crippen molar-refractivity contribution in [1.29, 1.82) is 0 Å². The summed E-state index contributed by atoms with van der Waals surface area (Å²) >= 11 is 4.77. The van der Waals surface area contributed by atoms with Crippen LogP contribution in [0.3, 0.4) is 0 Å². The molecular weight excluding hydrogens is 319 g/mol. The normalized spacial score (nSPS) is 13.1. The van der Waals surface area contributed by atoms with Gasteiger partial charge in [0.15, 0.2) is 11.4 Å². The van der Waals surface area contributed by atoms with Gasteiger partial charge in [0.2, 0.25) is 0 Å². The molecular formula is C13H8BrFO2S. The third-order valence-corrected chi connectivity index (χ3v) is 4.60. The fourth-order valence-corrected chi connectivity index (χ4v) is 3.39. The number of fused-ring (bicyclic) bond motifs is 1. The van der Waals surface area contributed by atoms with Crippen LogP contribution in [-0.2, 0) is 0 Å². The summed E-state index contributed by atoms with van der Waals surface area (Å²) in [7, 11) is 0. The Balaban J connectivity index is 2.10. The summed E-state index contributed by atoms with van der Waals surface area (Å²) in [6.07, 6.45) is -0.883. The predicted molar refractivity (Wildman–Crippen MR) is 72.3 cm³/mol. The standard InChI is InChI=1S/C13H8BrFO2S/c14-8-4-5-18-13(8)11(16)10-6-7-2-1-3-9(15)12(7)17-10/h1-6,11,16H. The van der Waals surface area contributed by atoms with E-state index in [1.807, 2.05) is 11.4 Å². The largest absolute Gasteiger partial charge is 0.455 e. The predicted octanol–water partition coefficient (Wildman–Crippen LogP) is 4.48. The maximum atomic E-state index is 13.5. The first-order chi connectivity index (χ1) is 8.66. The van der Waals surface area contributed by atoms with Gasteiger partial charge in [-0.1, -0.05) is 12.1 Å². The molecule has 2 aromatic heterocycles. The number of furan rings is 1. The van der Waals surface area contributed by atoms with Gasteiger partial charge in [-0.05, 0) is 39.5 Å². The molecule has 0 saturated heterocycles. The number of rotatable bonds is 2. The van der Waals surface area contributed by atoms with Crippen LogP contribution in [0.1, 0.15) is 16.7 Å². The van der Waals surface area contributed by atoms with Crippen LogP contribution in [0, 0.1) is 5.82 Å². The molecule has 1 aromatic carbocycles. The highest BCUT2D eigenvalue weighted by molar-refractivity contribution is 9.10. The Morgan fingerprint density at radius 3 is 2.83 bits per heavy atom. The van der Waals surface area contributed by atoms with Crippen LogP contribution < -0.4 is 0 Å². The fraction of sp³-hybridized carbons (Fsp3) is 0.0769. The van der Waals surface area contributed by atoms with E-state index in [0.717, 1.165) is 9.35 Å². The Hall–Kier alpha value is -1.17. The van der Waals surface area contributed by atoms with Crippen molar-refractivity contribution in [2.75, 3.05) is 0 Å². The van der Waals surface area contributed by atoms with Gasteiger partial charge in [-0.25, -0.2) is 4.39 Å². The van der Waals surface area contributed by atoms with Crippen molar-refractivity contribution in [3.63, 3.8) is 0 Å². The van der Waals surface area contributed by atoms with Crippen LogP contribution in [0.2, 0.25) is 0 Å². The molecule has 0 radical (unpaired) electrons. The Morgan fingerprint density at radius 1 is 1.33 bits per heavy atom. The van der Waals surface area contributed by atoms with E-state index in [9.17, 15) is 9.50 Å². The lowest BCUT2D eigenvalue weighted by Gasteiger charge is -2.05. The number of para-hydroxylation sites is 1. The number of hydrogen-bond acceptors (Lipinski definition) is 3. The molecule has 0 spiro atoms. The quantitative estimate of drug-likeness (QED) is 0.753. The average molecular weight is 327 g/mol. The van der Waals surface area contributed by atoms with Gasteiger partial charge in [0.25, 0.3) is 0 Å². The molecule has 18 heavy (non-hydrogen) atoms. The maximum absolute atomic E-state index is 13.5. The van der Waals surface area contributed by atoms with E-state index >= 15 is 0 Å². The van der Waals surface area contributed by atoms with Gasteiger partial charge in [0.1, 0.15) is 11.9 Å². The maximum Gasteiger partial charge on any atom is 0.170 e. The molecule has 5 heteroatoms. The van der Waals surface area contributed by atoms with Crippen LogP contribution in [0.15, 0.2) is 44.6 Å². The van der Waals surface area contributed by atoms with Gasteiger partial charge >= 0.3 is 0 Å². The molecule has 3 rings (SSSR count). The van der Waals surface area contributed by atoms with E-state index < -0.39 is 11.9 Å². The van der Waals surface area contributed by atoms with E-state index in [-0.39, 0.29) is 5.58 Å². The molecule has 0 amide bonds. The van der Waals surface area contributed by atoms with Crippen molar-refractivity contribution in [3.8, 4) is 0 Å². The van der Waals surface area contributed by atoms with E-state index in [4.69, 9.17) is 4.42 Å². The number of aliphatic hydroxyl groups excluding tert-OH is 1. The monoisotopic (exact) mass is 326 g/mol. The number of hydrogen-bond donors (Lipinski definition) is 1. The second kappa shape index (κ2) is 4.50. The van der Waals surface area contributed by atoms with E-state index in [2.05, 4.69) is 15.9 Å². The summed E-state index contributed by atoms with van der Waals surface area (Å²) in [5.74, 6) is -0.0746. The van der Waals surface area contributed by atoms with Gasteiger partial charge < -0.3 is 9.52 Å². The highest BCUT2D eigenvalue weighted by Gasteiger charge is 2.20. The number of aliphatic hydroxyl groups is 1. The zero-order chi connectivity index (χ0) is 12.7. The molecule has 1 N–H and O–H groups in total. The summed E-state index contributed by atoms with van der Waals surface area (Å²) in [6, 6.07) is 8.22. The smallest absolute Gasteiger partial charge is 0.170 e. The molecule has 1 unspecified atom stereocenters. The second-order valence-corrected chi connectivity index (χ2v) is 5.64. The Labute approximate surface area is 115 Å². The van der Waals surface area contributed by atoms with Crippen molar-refractivity contribution in [3.05, 3.63) is 56.6 Å². The third kappa shape index (κ3) is 1.88. The van der Waals surface area contributed by atoms with Crippen molar-refractivity contribution >= 4 is 38.2 Å². The molecule has 0 saturated carbocycles. The zero-order valence-corrected chi connectivity index (χ0v) is 11.5. The lowest BCUT2D eigenvalue weighted by molar-refractivity contribution is 0.195. The lowest BCUT2D eigenvalue weighted by atomic mass is 10.2. The first-order valence-electron chi connectivity index (χ1n) is 5.25. The molecule has 92 valence electrons. The van der Waals surface area contributed by atoms with Gasteiger partial charge in [-0.2, -0.15) is 0 Å². The third-order valence-electron chi connectivity index (χ3n) is 2.68. The summed E-state index contributed by atoms with van der Waals surface area (Å²) < 4.78 is 19.7. The van der Waals surface area contributed by atoms with E-state index in [1.165, 1.54) is 17.4 Å². The minimum atomic E-state index is -0.883. The van der Waals surface area contributed by atoms with Crippen molar-refractivity contribution in [2.45, 2.75) is 6.10 Å². The molecule has 0 aliphatic carbocycles. The van der Waals surface area contributed by atoms with Crippen LogP contribution in [-0.4, -0.2) is 5.11 Å². The molecule has 2 heterocycles. The molecule has 0 bridgehead atoms. The van der Waals surface area contributed by atoms with Crippen LogP contribution in [0.25, 0.3) is 11.0 Å². The number of thiophene rings is 1. The van der Waals surface area contributed by atoms with Gasteiger partial charge in [-0.15, -0.1) is 11.3 Å². The average Bonchev–Trinajstić information content (AvgIpc) is 2.95. The molecule has 0 aliphatic heterocycles. The summed E-state index contributed by atoms with van der Waals surface area (Å²) in [5.41, 5.74) is 0.180. The Kier molecular flexibility index (Phi) is 2.97. The SMILES string of the molecule is OC(c1cc2cccc(F)c2o1)c1sccc1Br. The van der Waals surface area contributed by atoms with Crippen LogP contribution in [0.4, 0.5) is 4.39 Å². The summed E-state index contributed by atoms with van der Waals surface area (Å²) in [4.78, 5) is 0.745.